The van der Waals surface area contributed by atoms with Crippen LogP contribution in [0.5, 0.6) is 0 Å². The summed E-state index contributed by atoms with van der Waals surface area (Å²) in [6, 6.07) is 5.14. The summed E-state index contributed by atoms with van der Waals surface area (Å²) in [7, 11) is -3.62. The Labute approximate surface area is 147 Å². The molecule has 1 saturated heterocycles. The molecule has 3 aliphatic rings. The fourth-order valence-corrected chi connectivity index (χ4v) is 6.69. The molecule has 2 aliphatic carbocycles. The summed E-state index contributed by atoms with van der Waals surface area (Å²) in [5, 5.41) is 10.8. The van der Waals surface area contributed by atoms with E-state index in [4.69, 9.17) is 4.74 Å². The summed E-state index contributed by atoms with van der Waals surface area (Å²) < 4.78 is 33.8. The van der Waals surface area contributed by atoms with Crippen LogP contribution in [-0.4, -0.2) is 41.4 Å². The number of hydrogen-bond acceptors (Lipinski definition) is 5. The van der Waals surface area contributed by atoms with Gasteiger partial charge in [0.1, 0.15) is 0 Å². The molecule has 3 fully saturated rings. The molecule has 7 nitrogen and oxygen atoms in total. The molecule has 1 heterocycles. The second kappa shape index (κ2) is 5.25. The zero-order chi connectivity index (χ0) is 18.1. The maximum atomic E-state index is 13.0. The van der Waals surface area contributed by atoms with E-state index in [1.807, 2.05) is 20.8 Å². The van der Waals surface area contributed by atoms with Gasteiger partial charge in [-0.05, 0) is 51.7 Å². The third-order valence-electron chi connectivity index (χ3n) is 5.59. The Bertz CT molecular complexity index is 800. The van der Waals surface area contributed by atoms with Gasteiger partial charge in [-0.3, -0.25) is 10.1 Å². The van der Waals surface area contributed by atoms with Crippen LogP contribution in [0.25, 0.3) is 0 Å². The number of rotatable bonds is 4. The van der Waals surface area contributed by atoms with E-state index in [0.29, 0.717) is 5.92 Å². The Morgan fingerprint density at radius 1 is 1.16 bits per heavy atom. The zero-order valence-electron chi connectivity index (χ0n) is 14.5. The van der Waals surface area contributed by atoms with Gasteiger partial charge in [0.15, 0.2) is 0 Å². The molecule has 0 radical (unpaired) electrons. The first-order valence-electron chi connectivity index (χ1n) is 8.55. The fraction of sp³-hybridized carbons (Fsp3) is 0.647. The maximum Gasteiger partial charge on any atom is 0.269 e. The fourth-order valence-electron chi connectivity index (χ4n) is 4.80. The number of nitrogens with zero attached hydrogens (tertiary/aromatic N) is 2. The van der Waals surface area contributed by atoms with E-state index in [2.05, 4.69) is 0 Å². The highest BCUT2D eigenvalue weighted by atomic mass is 32.2. The normalized spacial score (nSPS) is 34.1. The molecule has 25 heavy (non-hydrogen) atoms. The minimum absolute atomic E-state index is 0.00343. The molecule has 2 saturated carbocycles. The Kier molecular flexibility index (Phi) is 3.55. The standard InChI is InChI=1S/C17H22N2O5S/c1-17(2,3)24-16-10-8-13-15(16)14(9-10)18(13)25(22,23)12-6-4-11(5-7-12)19(20)21/h4-7,10,13-16H,8-9H2,1-3H3. The van der Waals surface area contributed by atoms with E-state index in [1.54, 1.807) is 4.31 Å². The van der Waals surface area contributed by atoms with Crippen molar-refractivity contribution in [2.24, 2.45) is 11.8 Å². The highest BCUT2D eigenvalue weighted by Crippen LogP contribution is 2.60. The highest BCUT2D eigenvalue weighted by molar-refractivity contribution is 7.89. The lowest BCUT2D eigenvalue weighted by molar-refractivity contribution is -0.384. The van der Waals surface area contributed by atoms with Crippen molar-refractivity contribution in [1.82, 2.24) is 4.31 Å². The first-order valence-corrected chi connectivity index (χ1v) is 9.99. The molecule has 0 spiro atoms. The molecule has 1 aromatic rings. The van der Waals surface area contributed by atoms with Crippen molar-refractivity contribution in [3.05, 3.63) is 34.4 Å². The second-order valence-corrected chi connectivity index (χ2v) is 10.1. The van der Waals surface area contributed by atoms with E-state index in [1.165, 1.54) is 24.3 Å². The van der Waals surface area contributed by atoms with E-state index < -0.39 is 14.9 Å². The van der Waals surface area contributed by atoms with Gasteiger partial charge in [0, 0.05) is 30.1 Å². The van der Waals surface area contributed by atoms with Crippen LogP contribution in [0.2, 0.25) is 0 Å². The summed E-state index contributed by atoms with van der Waals surface area (Å²) in [6.45, 7) is 6.09. The monoisotopic (exact) mass is 366 g/mol. The van der Waals surface area contributed by atoms with Gasteiger partial charge in [0.2, 0.25) is 10.0 Å². The van der Waals surface area contributed by atoms with Crippen molar-refractivity contribution in [3.8, 4) is 0 Å². The molecule has 3 atom stereocenters. The smallest absolute Gasteiger partial charge is 0.269 e. The zero-order valence-corrected chi connectivity index (χ0v) is 15.3. The van der Waals surface area contributed by atoms with Crippen LogP contribution in [0.15, 0.2) is 29.2 Å². The molecule has 0 aromatic heterocycles. The molecule has 4 rings (SSSR count). The van der Waals surface area contributed by atoms with Gasteiger partial charge in [-0.1, -0.05) is 0 Å². The number of nitro groups is 1. The SMILES string of the molecule is CC(C)(C)OC1C2CC3C1C(C2)N3S(=O)(=O)c1ccc([N+](=O)[O-])cc1. The number of non-ortho nitro benzene ring substituents is 1. The molecule has 0 amide bonds. The third-order valence-corrected chi connectivity index (χ3v) is 7.55. The lowest BCUT2D eigenvalue weighted by Crippen LogP contribution is -2.65. The number of ether oxygens (including phenoxy) is 1. The molecule has 136 valence electrons. The van der Waals surface area contributed by atoms with Crippen molar-refractivity contribution in [2.45, 2.75) is 62.3 Å². The number of piperidine rings is 1. The Hall–Kier alpha value is -1.51. The van der Waals surface area contributed by atoms with Crippen molar-refractivity contribution < 1.29 is 18.1 Å². The number of hydrogen-bond donors (Lipinski definition) is 0. The van der Waals surface area contributed by atoms with Gasteiger partial charge in [-0.15, -0.1) is 0 Å². The Balaban J connectivity index is 1.56. The van der Waals surface area contributed by atoms with Gasteiger partial charge < -0.3 is 4.74 Å². The minimum atomic E-state index is -3.62. The van der Waals surface area contributed by atoms with Crippen LogP contribution in [0.4, 0.5) is 5.69 Å². The van der Waals surface area contributed by atoms with Crippen molar-refractivity contribution >= 4 is 15.7 Å². The molecule has 1 aliphatic heterocycles. The predicted octanol–water partition coefficient (Wildman–Crippen LogP) is 2.56. The van der Waals surface area contributed by atoms with Crippen molar-refractivity contribution in [1.29, 1.82) is 0 Å². The number of benzene rings is 1. The van der Waals surface area contributed by atoms with E-state index in [9.17, 15) is 18.5 Å². The molecule has 0 N–H and O–H groups in total. The van der Waals surface area contributed by atoms with Gasteiger partial charge in [0.25, 0.3) is 5.69 Å². The predicted molar refractivity (Wildman–Crippen MR) is 90.5 cm³/mol. The Morgan fingerprint density at radius 2 is 1.72 bits per heavy atom. The molecular weight excluding hydrogens is 344 g/mol. The van der Waals surface area contributed by atoms with Crippen LogP contribution in [0.1, 0.15) is 33.6 Å². The summed E-state index contributed by atoms with van der Waals surface area (Å²) in [5.74, 6) is 0.708. The summed E-state index contributed by atoms with van der Waals surface area (Å²) >= 11 is 0. The van der Waals surface area contributed by atoms with Gasteiger partial charge in [-0.25, -0.2) is 8.42 Å². The van der Waals surface area contributed by atoms with E-state index in [-0.39, 0.29) is 40.3 Å². The van der Waals surface area contributed by atoms with E-state index in [0.717, 1.165) is 12.8 Å². The van der Waals surface area contributed by atoms with Crippen LogP contribution in [-0.2, 0) is 14.8 Å². The average Bonchev–Trinajstić information content (AvgIpc) is 2.93. The maximum absolute atomic E-state index is 13.0. The molecule has 3 unspecified atom stereocenters. The Morgan fingerprint density at radius 3 is 2.20 bits per heavy atom. The highest BCUT2D eigenvalue weighted by Gasteiger charge is 2.69. The third kappa shape index (κ3) is 2.50. The topological polar surface area (TPSA) is 89.8 Å². The lowest BCUT2D eigenvalue weighted by Gasteiger charge is -2.52. The largest absolute Gasteiger partial charge is 0.372 e. The first-order chi connectivity index (χ1) is 11.6. The van der Waals surface area contributed by atoms with Crippen molar-refractivity contribution in [3.63, 3.8) is 0 Å². The van der Waals surface area contributed by atoms with Crippen LogP contribution < -0.4 is 0 Å². The lowest BCUT2D eigenvalue weighted by atomic mass is 9.82. The van der Waals surface area contributed by atoms with Crippen molar-refractivity contribution in [2.75, 3.05) is 0 Å². The first kappa shape index (κ1) is 16.9. The molecule has 8 heteroatoms. The quantitative estimate of drug-likeness (QED) is 0.603. The molecular formula is C17H22N2O5S. The van der Waals surface area contributed by atoms with Gasteiger partial charge >= 0.3 is 0 Å². The summed E-state index contributed by atoms with van der Waals surface area (Å²) in [5.41, 5.74) is -0.340. The summed E-state index contributed by atoms with van der Waals surface area (Å²) in [4.78, 5) is 10.3. The van der Waals surface area contributed by atoms with Gasteiger partial charge in [0.05, 0.1) is 21.5 Å². The second-order valence-electron chi connectivity index (χ2n) is 8.22. The molecule has 1 aromatic carbocycles. The average molecular weight is 366 g/mol. The van der Waals surface area contributed by atoms with Crippen LogP contribution >= 0.6 is 0 Å². The van der Waals surface area contributed by atoms with Gasteiger partial charge in [-0.2, -0.15) is 4.31 Å². The molecule has 2 bridgehead atoms. The van der Waals surface area contributed by atoms with E-state index >= 15 is 0 Å². The van der Waals surface area contributed by atoms with Crippen LogP contribution in [0.3, 0.4) is 0 Å². The summed E-state index contributed by atoms with van der Waals surface area (Å²) in [6.07, 6.45) is 1.82. The number of nitro benzene ring substituents is 1. The number of sulfonamides is 1. The number of fused-ring (bicyclic) bond motifs is 1. The minimum Gasteiger partial charge on any atom is -0.372 e. The van der Waals surface area contributed by atoms with Crippen LogP contribution in [0, 0.1) is 22.0 Å².